The van der Waals surface area contributed by atoms with Crippen LogP contribution in [0.5, 0.6) is 0 Å². The molecule has 2 rings (SSSR count). The van der Waals surface area contributed by atoms with Crippen LogP contribution in [0.4, 0.5) is 18.9 Å². The summed E-state index contributed by atoms with van der Waals surface area (Å²) in [6, 6.07) is 2.33. The number of aliphatic hydroxyl groups is 1. The number of rotatable bonds is 4. The molecule has 2 aromatic rings. The molecule has 0 atom stereocenters. The van der Waals surface area contributed by atoms with Crippen molar-refractivity contribution >= 4 is 26.6 Å². The quantitative estimate of drug-likeness (QED) is 0.669. The Morgan fingerprint density at radius 3 is 2.35 bits per heavy atom. The minimum absolute atomic E-state index is 0.0291. The minimum Gasteiger partial charge on any atom is -0.396 e. The minimum atomic E-state index is -5.01. The van der Waals surface area contributed by atoms with E-state index in [0.717, 1.165) is 6.26 Å². The van der Waals surface area contributed by atoms with E-state index in [1.807, 2.05) is 0 Å². The fourth-order valence-corrected chi connectivity index (χ4v) is 3.42. The molecule has 1 N–H and O–H groups in total. The molecule has 11 heteroatoms. The first-order valence-corrected chi connectivity index (χ1v) is 8.03. The number of fused-ring (bicyclic) bond motifs is 1. The summed E-state index contributed by atoms with van der Waals surface area (Å²) in [7, 11) is -3.97. The molecule has 0 aliphatic rings. The van der Waals surface area contributed by atoms with Crippen LogP contribution in [-0.4, -0.2) is 35.3 Å². The first-order chi connectivity index (χ1) is 10.5. The Kier molecular flexibility index (Phi) is 4.11. The summed E-state index contributed by atoms with van der Waals surface area (Å²) in [5, 5.41) is 19.8. The second kappa shape index (κ2) is 5.49. The number of nitro benzene ring substituents is 1. The van der Waals surface area contributed by atoms with E-state index >= 15 is 0 Å². The molecule has 0 saturated carbocycles. The second-order valence-electron chi connectivity index (χ2n) is 4.82. The molecule has 1 aromatic heterocycles. The van der Waals surface area contributed by atoms with Crippen LogP contribution in [0.25, 0.3) is 10.9 Å². The van der Waals surface area contributed by atoms with E-state index < -0.39 is 39.0 Å². The van der Waals surface area contributed by atoms with E-state index in [1.54, 1.807) is 0 Å². The molecule has 0 spiro atoms. The molecule has 23 heavy (non-hydrogen) atoms. The van der Waals surface area contributed by atoms with Crippen molar-refractivity contribution in [1.82, 2.24) is 3.97 Å². The highest BCUT2D eigenvalue weighted by molar-refractivity contribution is 7.89. The van der Waals surface area contributed by atoms with Crippen molar-refractivity contribution in [3.63, 3.8) is 0 Å². The fourth-order valence-electron chi connectivity index (χ4n) is 2.34. The van der Waals surface area contributed by atoms with E-state index in [-0.39, 0.29) is 23.0 Å². The summed E-state index contributed by atoms with van der Waals surface area (Å²) in [5.41, 5.74) is -2.98. The lowest BCUT2D eigenvalue weighted by molar-refractivity contribution is -0.387. The summed E-state index contributed by atoms with van der Waals surface area (Å²) in [6.07, 6.45) is -4.35. The topological polar surface area (TPSA) is 102 Å². The number of alkyl halides is 3. The average Bonchev–Trinajstić information content (AvgIpc) is 2.73. The molecule has 1 heterocycles. The van der Waals surface area contributed by atoms with Gasteiger partial charge in [-0.3, -0.25) is 10.1 Å². The summed E-state index contributed by atoms with van der Waals surface area (Å²) < 4.78 is 63.4. The van der Waals surface area contributed by atoms with Gasteiger partial charge in [-0.2, -0.15) is 13.2 Å². The zero-order valence-corrected chi connectivity index (χ0v) is 12.5. The van der Waals surface area contributed by atoms with Crippen molar-refractivity contribution < 1.29 is 31.6 Å². The van der Waals surface area contributed by atoms with Crippen LogP contribution >= 0.6 is 0 Å². The predicted octanol–water partition coefficient (Wildman–Crippen LogP) is 1.91. The number of halogens is 3. The number of hydrogen-bond donors (Lipinski definition) is 1. The third-order valence-electron chi connectivity index (χ3n) is 3.15. The molecule has 0 radical (unpaired) electrons. The Morgan fingerprint density at radius 2 is 1.91 bits per heavy atom. The average molecular weight is 352 g/mol. The molecule has 0 saturated heterocycles. The van der Waals surface area contributed by atoms with Crippen molar-refractivity contribution in [1.29, 1.82) is 0 Å². The first kappa shape index (κ1) is 17.2. The van der Waals surface area contributed by atoms with Crippen LogP contribution < -0.4 is 0 Å². The molecule has 0 amide bonds. The molecule has 0 unspecified atom stereocenters. The van der Waals surface area contributed by atoms with Crippen LogP contribution in [0.1, 0.15) is 11.3 Å². The number of aliphatic hydroxyl groups excluding tert-OH is 1. The molecule has 0 aliphatic heterocycles. The lowest BCUT2D eigenvalue weighted by Gasteiger charge is -2.10. The summed E-state index contributed by atoms with van der Waals surface area (Å²) in [5.74, 6) is 0. The van der Waals surface area contributed by atoms with Gasteiger partial charge in [0.05, 0.1) is 16.7 Å². The van der Waals surface area contributed by atoms with Crippen LogP contribution in [-0.2, 0) is 22.6 Å². The van der Waals surface area contributed by atoms with Gasteiger partial charge in [0.15, 0.2) is 0 Å². The van der Waals surface area contributed by atoms with Crippen molar-refractivity contribution in [3.05, 3.63) is 39.6 Å². The van der Waals surface area contributed by atoms with E-state index in [2.05, 4.69) is 0 Å². The van der Waals surface area contributed by atoms with E-state index in [0.29, 0.717) is 16.1 Å². The van der Waals surface area contributed by atoms with Gasteiger partial charge in [-0.1, -0.05) is 0 Å². The van der Waals surface area contributed by atoms with Gasteiger partial charge in [-0.15, -0.1) is 0 Å². The standard InChI is InChI=1S/C12H11F3N2O5S/c1-23(21,22)16-8(2-3-18)4-7-5-11(17(19)20)9(6-10(7)16)12(13,14)15/h4-6,18H,2-3H2,1H3. The number of nitrogens with zero attached hydrogens (tertiary/aromatic N) is 2. The smallest absolute Gasteiger partial charge is 0.396 e. The molecular formula is C12H11F3N2O5S. The summed E-state index contributed by atoms with van der Waals surface area (Å²) >= 11 is 0. The van der Waals surface area contributed by atoms with Crippen molar-refractivity contribution in [2.45, 2.75) is 12.6 Å². The largest absolute Gasteiger partial charge is 0.423 e. The molecule has 0 aliphatic carbocycles. The Hall–Kier alpha value is -2.14. The van der Waals surface area contributed by atoms with Gasteiger partial charge in [0, 0.05) is 30.2 Å². The molecule has 0 bridgehead atoms. The van der Waals surface area contributed by atoms with Gasteiger partial charge in [0.2, 0.25) is 10.0 Å². The molecule has 7 nitrogen and oxygen atoms in total. The Balaban J connectivity index is 2.95. The highest BCUT2D eigenvalue weighted by Gasteiger charge is 2.39. The Morgan fingerprint density at radius 1 is 1.30 bits per heavy atom. The van der Waals surface area contributed by atoms with E-state index in [4.69, 9.17) is 5.11 Å². The van der Waals surface area contributed by atoms with Crippen molar-refractivity contribution in [3.8, 4) is 0 Å². The van der Waals surface area contributed by atoms with Crippen molar-refractivity contribution in [2.24, 2.45) is 0 Å². The fraction of sp³-hybridized carbons (Fsp3) is 0.333. The monoisotopic (exact) mass is 352 g/mol. The van der Waals surface area contributed by atoms with Gasteiger partial charge in [0.1, 0.15) is 5.56 Å². The molecular weight excluding hydrogens is 341 g/mol. The number of benzene rings is 1. The van der Waals surface area contributed by atoms with Gasteiger partial charge in [0.25, 0.3) is 5.69 Å². The number of aromatic nitrogens is 1. The van der Waals surface area contributed by atoms with Crippen LogP contribution in [0.3, 0.4) is 0 Å². The maximum Gasteiger partial charge on any atom is 0.423 e. The maximum atomic E-state index is 13.0. The summed E-state index contributed by atoms with van der Waals surface area (Å²) in [4.78, 5) is 9.69. The third kappa shape index (κ3) is 3.15. The third-order valence-corrected chi connectivity index (χ3v) is 4.24. The molecule has 0 fully saturated rings. The zero-order valence-electron chi connectivity index (χ0n) is 11.7. The maximum absolute atomic E-state index is 13.0. The molecule has 1 aromatic carbocycles. The van der Waals surface area contributed by atoms with Gasteiger partial charge < -0.3 is 5.11 Å². The highest BCUT2D eigenvalue weighted by atomic mass is 32.2. The van der Waals surface area contributed by atoms with Gasteiger partial charge >= 0.3 is 6.18 Å². The second-order valence-corrected chi connectivity index (χ2v) is 6.65. The zero-order chi connectivity index (χ0) is 17.6. The van der Waals surface area contributed by atoms with Crippen LogP contribution in [0.2, 0.25) is 0 Å². The number of hydrogen-bond acceptors (Lipinski definition) is 5. The van der Waals surface area contributed by atoms with Crippen molar-refractivity contribution in [2.75, 3.05) is 12.9 Å². The van der Waals surface area contributed by atoms with Gasteiger partial charge in [-0.05, 0) is 12.1 Å². The highest BCUT2D eigenvalue weighted by Crippen LogP contribution is 2.39. The lowest BCUT2D eigenvalue weighted by atomic mass is 10.1. The lowest BCUT2D eigenvalue weighted by Crippen LogP contribution is -2.15. The normalized spacial score (nSPS) is 12.7. The first-order valence-electron chi connectivity index (χ1n) is 6.18. The number of nitro groups is 1. The van der Waals surface area contributed by atoms with E-state index in [1.165, 1.54) is 6.07 Å². The van der Waals surface area contributed by atoms with E-state index in [9.17, 15) is 31.7 Å². The van der Waals surface area contributed by atoms with Crippen LogP contribution in [0, 0.1) is 10.1 Å². The molecule has 126 valence electrons. The predicted molar refractivity (Wildman–Crippen MR) is 74.6 cm³/mol. The Bertz CT molecular complexity index is 886. The Labute approximate surface area is 128 Å². The van der Waals surface area contributed by atoms with Crippen LogP contribution in [0.15, 0.2) is 18.2 Å². The SMILES string of the molecule is CS(=O)(=O)n1c(CCO)cc2cc([N+](=O)[O-])c(C(F)(F)F)cc21. The summed E-state index contributed by atoms with van der Waals surface area (Å²) in [6.45, 7) is -0.430. The van der Waals surface area contributed by atoms with Gasteiger partial charge in [-0.25, -0.2) is 12.4 Å².